The Balaban J connectivity index is 0.00000144. The van der Waals surface area contributed by atoms with E-state index in [2.05, 4.69) is 5.16 Å². The first-order valence-corrected chi connectivity index (χ1v) is 5.04. The maximum atomic E-state index is 9.10. The van der Waals surface area contributed by atoms with E-state index < -0.39 is 0 Å². The Labute approximate surface area is 117 Å². The highest BCUT2D eigenvalue weighted by molar-refractivity contribution is 6.12. The number of hydrogen-bond donors (Lipinski definition) is 1. The van der Waals surface area contributed by atoms with Crippen LogP contribution in [0.25, 0.3) is 0 Å². The quantitative estimate of drug-likeness (QED) is 0.239. The van der Waals surface area contributed by atoms with Crippen molar-refractivity contribution < 1.29 is 33.8 Å². The minimum absolute atomic E-state index is 0. The minimum Gasteiger partial charge on any atom is -1.00 e. The number of benzene rings is 1. The zero-order valence-corrected chi connectivity index (χ0v) is 11.6. The number of aromatic nitrogens is 1. The average molecular weight is 340 g/mol. The van der Waals surface area contributed by atoms with Gasteiger partial charge in [0, 0.05) is 11.6 Å². The van der Waals surface area contributed by atoms with Gasteiger partial charge in [-0.05, 0) is 6.07 Å². The van der Waals surface area contributed by atoms with Crippen molar-refractivity contribution in [3.05, 3.63) is 66.0 Å². The highest BCUT2D eigenvalue weighted by atomic mass is 127. The van der Waals surface area contributed by atoms with Crippen molar-refractivity contribution in [2.24, 2.45) is 12.2 Å². The van der Waals surface area contributed by atoms with Crippen LogP contribution in [0.5, 0.6) is 0 Å². The lowest BCUT2D eigenvalue weighted by atomic mass is 10.0. The minimum atomic E-state index is 0. The van der Waals surface area contributed by atoms with Crippen molar-refractivity contribution in [3.63, 3.8) is 0 Å². The van der Waals surface area contributed by atoms with Gasteiger partial charge in [0.05, 0.1) is 5.56 Å². The Kier molecular flexibility index (Phi) is 5.09. The van der Waals surface area contributed by atoms with Crippen LogP contribution in [0, 0.1) is 0 Å². The molecule has 4 heteroatoms. The van der Waals surface area contributed by atoms with Crippen LogP contribution in [-0.2, 0) is 7.05 Å². The lowest BCUT2D eigenvalue weighted by Crippen LogP contribution is -3.00. The van der Waals surface area contributed by atoms with Gasteiger partial charge in [-0.25, -0.2) is 4.57 Å². The maximum absolute atomic E-state index is 9.10. The van der Waals surface area contributed by atoms with Gasteiger partial charge in [0.25, 0.3) is 0 Å². The molecule has 0 aliphatic carbocycles. The third-order valence-corrected chi connectivity index (χ3v) is 2.36. The third-order valence-electron chi connectivity index (χ3n) is 2.36. The predicted molar refractivity (Wildman–Crippen MR) is 61.5 cm³/mol. The van der Waals surface area contributed by atoms with E-state index in [1.54, 1.807) is 0 Å². The van der Waals surface area contributed by atoms with Crippen LogP contribution >= 0.6 is 0 Å². The first kappa shape index (κ1) is 13.6. The topological polar surface area (TPSA) is 36.5 Å². The zero-order valence-electron chi connectivity index (χ0n) is 9.42. The van der Waals surface area contributed by atoms with Crippen molar-refractivity contribution in [2.75, 3.05) is 0 Å². The number of aryl methyl sites for hydroxylation is 1. The fourth-order valence-electron chi connectivity index (χ4n) is 1.61. The molecule has 1 heterocycles. The molecule has 0 radical (unpaired) electrons. The fraction of sp³-hybridized carbons (Fsp3) is 0.0769. The van der Waals surface area contributed by atoms with Gasteiger partial charge in [0.1, 0.15) is 12.8 Å². The van der Waals surface area contributed by atoms with Crippen LogP contribution in [0.4, 0.5) is 0 Å². The van der Waals surface area contributed by atoms with E-state index in [0.717, 1.165) is 11.1 Å². The molecule has 1 N–H and O–H groups in total. The van der Waals surface area contributed by atoms with E-state index in [1.165, 1.54) is 0 Å². The summed E-state index contributed by atoms with van der Waals surface area (Å²) in [4.78, 5) is 0. The van der Waals surface area contributed by atoms with Crippen molar-refractivity contribution in [3.8, 4) is 0 Å². The Morgan fingerprint density at radius 3 is 2.29 bits per heavy atom. The van der Waals surface area contributed by atoms with Crippen molar-refractivity contribution in [1.82, 2.24) is 0 Å². The molecule has 0 saturated carbocycles. The number of halogens is 1. The smallest absolute Gasteiger partial charge is 0.178 e. The number of hydrogen-bond acceptors (Lipinski definition) is 2. The highest BCUT2D eigenvalue weighted by Gasteiger charge is 2.09. The number of oxime groups is 1. The van der Waals surface area contributed by atoms with Gasteiger partial charge in [-0.1, -0.05) is 35.5 Å². The first-order valence-electron chi connectivity index (χ1n) is 5.04. The standard InChI is InChI=1S/C13H12N2O.HI/c1-15-9-5-8-12(10-15)13(14-16)11-6-3-2-4-7-11;/h2-10H,1H3;1H/b14-13+;. The normalized spacial score (nSPS) is 10.8. The lowest BCUT2D eigenvalue weighted by Gasteiger charge is -2.02. The largest absolute Gasteiger partial charge is 1.00 e. The molecular weight excluding hydrogens is 327 g/mol. The van der Waals surface area contributed by atoms with Crippen molar-refractivity contribution >= 4 is 5.71 Å². The third kappa shape index (κ3) is 3.26. The van der Waals surface area contributed by atoms with Gasteiger partial charge in [-0.2, -0.15) is 0 Å². The van der Waals surface area contributed by atoms with Gasteiger partial charge in [0.15, 0.2) is 12.4 Å². The second kappa shape index (κ2) is 6.34. The summed E-state index contributed by atoms with van der Waals surface area (Å²) in [7, 11) is 1.93. The molecule has 0 aliphatic rings. The molecule has 0 bridgehead atoms. The average Bonchev–Trinajstić information content (AvgIpc) is 2.31. The number of rotatable bonds is 2. The highest BCUT2D eigenvalue weighted by Crippen LogP contribution is 2.08. The second-order valence-electron chi connectivity index (χ2n) is 3.57. The molecule has 0 spiro atoms. The maximum Gasteiger partial charge on any atom is 0.178 e. The Morgan fingerprint density at radius 2 is 1.71 bits per heavy atom. The molecule has 88 valence electrons. The second-order valence-corrected chi connectivity index (χ2v) is 3.57. The summed E-state index contributed by atoms with van der Waals surface area (Å²) in [6.07, 6.45) is 3.85. The van der Waals surface area contributed by atoms with Crippen LogP contribution in [0.2, 0.25) is 0 Å². The molecule has 1 aromatic carbocycles. The molecule has 2 aromatic rings. The van der Waals surface area contributed by atoms with Crippen LogP contribution in [0.3, 0.4) is 0 Å². The Hall–Kier alpha value is -1.43. The molecule has 0 atom stereocenters. The van der Waals surface area contributed by atoms with Crippen LogP contribution in [0.1, 0.15) is 11.1 Å². The van der Waals surface area contributed by atoms with Gasteiger partial charge < -0.3 is 29.2 Å². The number of nitrogens with zero attached hydrogens (tertiary/aromatic N) is 2. The number of pyridine rings is 1. The van der Waals surface area contributed by atoms with Gasteiger partial charge in [-0.3, -0.25) is 0 Å². The van der Waals surface area contributed by atoms with E-state index in [4.69, 9.17) is 5.21 Å². The summed E-state index contributed by atoms with van der Waals surface area (Å²) in [5.74, 6) is 0. The molecule has 0 aliphatic heterocycles. The van der Waals surface area contributed by atoms with E-state index >= 15 is 0 Å². The van der Waals surface area contributed by atoms with Crippen LogP contribution in [0.15, 0.2) is 60.0 Å². The van der Waals surface area contributed by atoms with E-state index in [1.807, 2.05) is 66.5 Å². The summed E-state index contributed by atoms with van der Waals surface area (Å²) in [6, 6.07) is 13.5. The summed E-state index contributed by atoms with van der Waals surface area (Å²) >= 11 is 0. The molecular formula is C13H13IN2O. The van der Waals surface area contributed by atoms with Gasteiger partial charge in [-0.15, -0.1) is 0 Å². The monoisotopic (exact) mass is 340 g/mol. The zero-order chi connectivity index (χ0) is 11.4. The molecule has 0 unspecified atom stereocenters. The fourth-order valence-corrected chi connectivity index (χ4v) is 1.61. The van der Waals surface area contributed by atoms with Crippen LogP contribution in [-0.4, -0.2) is 10.9 Å². The van der Waals surface area contributed by atoms with Crippen molar-refractivity contribution in [1.29, 1.82) is 0 Å². The SMILES string of the molecule is C[n+]1cccc(/C(=N/O)c2ccccc2)c1.[I-]. The first-order chi connectivity index (χ1) is 7.81. The molecule has 0 saturated heterocycles. The van der Waals surface area contributed by atoms with E-state index in [0.29, 0.717) is 5.71 Å². The Bertz CT molecular complexity index is 512. The molecule has 17 heavy (non-hydrogen) atoms. The molecule has 3 nitrogen and oxygen atoms in total. The molecule has 0 fully saturated rings. The van der Waals surface area contributed by atoms with Gasteiger partial charge in [0.2, 0.25) is 0 Å². The Morgan fingerprint density at radius 1 is 1.06 bits per heavy atom. The summed E-state index contributed by atoms with van der Waals surface area (Å²) < 4.78 is 1.92. The molecule has 2 rings (SSSR count). The summed E-state index contributed by atoms with van der Waals surface area (Å²) in [5.41, 5.74) is 2.37. The van der Waals surface area contributed by atoms with Crippen molar-refractivity contribution in [2.45, 2.75) is 0 Å². The van der Waals surface area contributed by atoms with Gasteiger partial charge >= 0.3 is 0 Å². The molecule has 1 aromatic heterocycles. The summed E-state index contributed by atoms with van der Waals surface area (Å²) in [6.45, 7) is 0. The van der Waals surface area contributed by atoms with E-state index in [-0.39, 0.29) is 24.0 Å². The van der Waals surface area contributed by atoms with E-state index in [9.17, 15) is 0 Å². The lowest BCUT2D eigenvalue weighted by molar-refractivity contribution is -0.671. The van der Waals surface area contributed by atoms with Crippen LogP contribution < -0.4 is 28.5 Å². The summed E-state index contributed by atoms with van der Waals surface area (Å²) in [5, 5.41) is 12.5. The molecule has 0 amide bonds. The predicted octanol–water partition coefficient (Wildman–Crippen LogP) is -1.26.